The van der Waals surface area contributed by atoms with Crippen LogP contribution in [-0.4, -0.2) is 36.0 Å². The molecule has 0 aliphatic carbocycles. The summed E-state index contributed by atoms with van der Waals surface area (Å²) in [4.78, 5) is 4.67. The number of guanidine groups is 1. The molecule has 0 atom stereocenters. The van der Waals surface area contributed by atoms with Gasteiger partial charge in [-0.05, 0) is 32.9 Å². The highest BCUT2D eigenvalue weighted by molar-refractivity contribution is 5.79. The molecule has 2 aromatic heterocycles. The molecule has 2 N–H and O–H groups in total. The molecule has 0 saturated carbocycles. The van der Waals surface area contributed by atoms with Crippen molar-refractivity contribution in [2.24, 2.45) is 4.99 Å². The number of aromatic nitrogens is 2. The molecule has 0 amide bonds. The lowest BCUT2D eigenvalue weighted by molar-refractivity contribution is 0.182. The average Bonchev–Trinajstić information content (AvgIpc) is 3.17. The van der Waals surface area contributed by atoms with Crippen LogP contribution in [0.1, 0.15) is 29.6 Å². The molecule has 0 aliphatic rings. The number of methoxy groups -OCH3 is 1. The van der Waals surface area contributed by atoms with Gasteiger partial charge >= 0.3 is 0 Å². The van der Waals surface area contributed by atoms with Gasteiger partial charge in [0.15, 0.2) is 5.96 Å². The van der Waals surface area contributed by atoms with Gasteiger partial charge in [-0.1, -0.05) is 0 Å². The number of rotatable bonds is 8. The van der Waals surface area contributed by atoms with Crippen molar-refractivity contribution in [2.45, 2.75) is 40.4 Å². The Morgan fingerprint density at radius 3 is 2.88 bits per heavy atom. The first kappa shape index (κ1) is 18.1. The van der Waals surface area contributed by atoms with E-state index in [-0.39, 0.29) is 0 Å². The molecule has 0 spiro atoms. The van der Waals surface area contributed by atoms with E-state index in [1.807, 2.05) is 30.7 Å². The maximum absolute atomic E-state index is 5.33. The van der Waals surface area contributed by atoms with E-state index in [1.54, 1.807) is 13.4 Å². The minimum Gasteiger partial charge on any atom is -0.467 e. The maximum Gasteiger partial charge on any atom is 0.191 e. The lowest BCUT2D eigenvalue weighted by atomic mass is 10.2. The monoisotopic (exact) mass is 333 g/mol. The van der Waals surface area contributed by atoms with Gasteiger partial charge in [0, 0.05) is 24.9 Å². The number of aryl methyl sites for hydroxylation is 1. The fourth-order valence-corrected chi connectivity index (χ4v) is 2.44. The van der Waals surface area contributed by atoms with Crippen molar-refractivity contribution in [3.63, 3.8) is 0 Å². The molecule has 2 heterocycles. The summed E-state index contributed by atoms with van der Waals surface area (Å²) in [6.07, 6.45) is 1.67. The predicted molar refractivity (Wildman–Crippen MR) is 93.9 cm³/mol. The minimum atomic E-state index is 0.581. The lowest BCUT2D eigenvalue weighted by Crippen LogP contribution is -2.36. The van der Waals surface area contributed by atoms with Gasteiger partial charge in [-0.15, -0.1) is 0 Å². The number of aliphatic imine (C=N–C) groups is 1. The summed E-state index contributed by atoms with van der Waals surface area (Å²) in [6.45, 7) is 9.52. The molecule has 2 rings (SSSR count). The van der Waals surface area contributed by atoms with Crippen LogP contribution >= 0.6 is 0 Å². The third-order valence-electron chi connectivity index (χ3n) is 3.79. The number of nitrogens with zero attached hydrogens (tertiary/aromatic N) is 3. The van der Waals surface area contributed by atoms with Crippen LogP contribution in [0, 0.1) is 13.8 Å². The number of ether oxygens (including phenoxy) is 1. The van der Waals surface area contributed by atoms with Crippen LogP contribution in [0.15, 0.2) is 27.8 Å². The normalized spacial score (nSPS) is 11.8. The third kappa shape index (κ3) is 4.86. The summed E-state index contributed by atoms with van der Waals surface area (Å²) in [5, 5.41) is 11.1. The van der Waals surface area contributed by atoms with E-state index in [0.29, 0.717) is 19.7 Å². The van der Waals surface area contributed by atoms with E-state index in [0.717, 1.165) is 41.8 Å². The second-order valence-electron chi connectivity index (χ2n) is 5.49. The van der Waals surface area contributed by atoms with Crippen LogP contribution in [0.5, 0.6) is 0 Å². The van der Waals surface area contributed by atoms with Crippen molar-refractivity contribution in [3.8, 4) is 0 Å². The Morgan fingerprint density at radius 1 is 1.38 bits per heavy atom. The van der Waals surface area contributed by atoms with Crippen molar-refractivity contribution in [3.05, 3.63) is 41.1 Å². The summed E-state index contributed by atoms with van der Waals surface area (Å²) in [5.41, 5.74) is 3.30. The Hall–Kier alpha value is -2.28. The second kappa shape index (κ2) is 9.12. The van der Waals surface area contributed by atoms with Gasteiger partial charge in [0.25, 0.3) is 0 Å². The van der Waals surface area contributed by atoms with Crippen LogP contribution in [0.25, 0.3) is 0 Å². The SMILES string of the molecule is CCNC(=NCc1c(C)nn(CCOC)c1C)NCc1ccco1. The van der Waals surface area contributed by atoms with E-state index in [4.69, 9.17) is 9.15 Å². The van der Waals surface area contributed by atoms with Crippen LogP contribution < -0.4 is 10.6 Å². The number of hydrogen-bond acceptors (Lipinski definition) is 4. The fourth-order valence-electron chi connectivity index (χ4n) is 2.44. The Labute approximate surface area is 143 Å². The van der Waals surface area contributed by atoms with Crippen LogP contribution in [-0.2, 0) is 24.4 Å². The van der Waals surface area contributed by atoms with Crippen molar-refractivity contribution < 1.29 is 9.15 Å². The van der Waals surface area contributed by atoms with Gasteiger partial charge in [0.05, 0.1) is 38.2 Å². The summed E-state index contributed by atoms with van der Waals surface area (Å²) in [7, 11) is 1.70. The smallest absolute Gasteiger partial charge is 0.191 e. The first-order valence-corrected chi connectivity index (χ1v) is 8.22. The van der Waals surface area contributed by atoms with Gasteiger partial charge in [-0.2, -0.15) is 5.10 Å². The van der Waals surface area contributed by atoms with E-state index < -0.39 is 0 Å². The molecular weight excluding hydrogens is 306 g/mol. The highest BCUT2D eigenvalue weighted by atomic mass is 16.5. The van der Waals surface area contributed by atoms with Gasteiger partial charge in [-0.25, -0.2) is 4.99 Å². The molecule has 0 bridgehead atoms. The Kier molecular flexibility index (Phi) is 6.87. The van der Waals surface area contributed by atoms with Crippen molar-refractivity contribution >= 4 is 5.96 Å². The second-order valence-corrected chi connectivity index (χ2v) is 5.49. The van der Waals surface area contributed by atoms with Gasteiger partial charge in [0.2, 0.25) is 0 Å². The molecule has 7 heteroatoms. The van der Waals surface area contributed by atoms with E-state index in [9.17, 15) is 0 Å². The number of furan rings is 1. The lowest BCUT2D eigenvalue weighted by Gasteiger charge is -2.10. The number of hydrogen-bond donors (Lipinski definition) is 2. The van der Waals surface area contributed by atoms with Crippen LogP contribution in [0.4, 0.5) is 0 Å². The maximum atomic E-state index is 5.33. The summed E-state index contributed by atoms with van der Waals surface area (Å²) >= 11 is 0. The van der Waals surface area contributed by atoms with Crippen molar-refractivity contribution in [1.29, 1.82) is 0 Å². The van der Waals surface area contributed by atoms with Crippen molar-refractivity contribution in [1.82, 2.24) is 20.4 Å². The fraction of sp³-hybridized carbons (Fsp3) is 0.529. The molecule has 7 nitrogen and oxygen atoms in total. The molecule has 24 heavy (non-hydrogen) atoms. The molecule has 0 saturated heterocycles. The molecule has 132 valence electrons. The largest absolute Gasteiger partial charge is 0.467 e. The van der Waals surface area contributed by atoms with Crippen molar-refractivity contribution in [2.75, 3.05) is 20.3 Å². The highest BCUT2D eigenvalue weighted by Gasteiger charge is 2.11. The zero-order chi connectivity index (χ0) is 17.4. The van der Waals surface area contributed by atoms with Crippen LogP contribution in [0.3, 0.4) is 0 Å². The minimum absolute atomic E-state index is 0.581. The zero-order valence-electron chi connectivity index (χ0n) is 14.9. The Balaban J connectivity index is 2.03. The predicted octanol–water partition coefficient (Wildman–Crippen LogP) is 1.99. The van der Waals surface area contributed by atoms with E-state index >= 15 is 0 Å². The highest BCUT2D eigenvalue weighted by Crippen LogP contribution is 2.14. The quantitative estimate of drug-likeness (QED) is 0.571. The Morgan fingerprint density at radius 2 is 2.21 bits per heavy atom. The van der Waals surface area contributed by atoms with Gasteiger partial charge in [0.1, 0.15) is 5.76 Å². The third-order valence-corrected chi connectivity index (χ3v) is 3.79. The molecule has 2 aromatic rings. The van der Waals surface area contributed by atoms with Gasteiger partial charge < -0.3 is 19.8 Å². The first-order chi connectivity index (χ1) is 11.7. The topological polar surface area (TPSA) is 76.6 Å². The standard InChI is InChI=1S/C17H27N5O2/c1-5-18-17(19-11-15-7-6-9-24-15)20-12-16-13(2)21-22(14(16)3)8-10-23-4/h6-7,9H,5,8,10-12H2,1-4H3,(H2,18,19,20). The molecule has 0 radical (unpaired) electrons. The first-order valence-electron chi connectivity index (χ1n) is 8.22. The summed E-state index contributed by atoms with van der Waals surface area (Å²) in [6, 6.07) is 3.81. The van der Waals surface area contributed by atoms with E-state index in [1.165, 1.54) is 0 Å². The summed E-state index contributed by atoms with van der Waals surface area (Å²) < 4.78 is 12.4. The van der Waals surface area contributed by atoms with E-state index in [2.05, 4.69) is 27.6 Å². The van der Waals surface area contributed by atoms with Gasteiger partial charge in [-0.3, -0.25) is 4.68 Å². The molecule has 0 unspecified atom stereocenters. The zero-order valence-corrected chi connectivity index (χ0v) is 14.9. The number of nitrogens with one attached hydrogen (secondary N) is 2. The Bertz CT molecular complexity index is 646. The molecule has 0 aromatic carbocycles. The molecular formula is C17H27N5O2. The average molecular weight is 333 g/mol. The van der Waals surface area contributed by atoms with Crippen LogP contribution in [0.2, 0.25) is 0 Å². The summed E-state index contributed by atoms with van der Waals surface area (Å²) in [5.74, 6) is 1.64. The molecule has 0 fully saturated rings. The molecule has 0 aliphatic heterocycles.